The Morgan fingerprint density at radius 2 is 1.35 bits per heavy atom. The van der Waals surface area contributed by atoms with Gasteiger partial charge in [-0.15, -0.1) is 0 Å². The van der Waals surface area contributed by atoms with Gasteiger partial charge in [0.2, 0.25) is 0 Å². The summed E-state index contributed by atoms with van der Waals surface area (Å²) in [4.78, 5) is 9.90. The topological polar surface area (TPSA) is 159 Å². The number of aliphatic hydroxyl groups excluding tert-OH is 7. The Labute approximate surface area is 98.4 Å². The highest BCUT2D eigenvalue weighted by atomic mass is 16.4. The van der Waals surface area contributed by atoms with Crippen molar-refractivity contribution in [1.82, 2.24) is 0 Å². The normalized spacial score (nSPS) is 19.3. The van der Waals surface area contributed by atoms with Crippen LogP contribution in [0.25, 0.3) is 0 Å². The number of hydrogen-bond acceptors (Lipinski definition) is 8. The Hall–Kier alpha value is -0.610. The molecule has 0 aliphatic rings. The molecule has 8 heteroatoms. The van der Waals surface area contributed by atoms with Crippen molar-refractivity contribution in [2.24, 2.45) is 0 Å². The maximum absolute atomic E-state index is 9.90. The minimum Gasteiger partial charge on any atom is -0.394 e. The lowest BCUT2D eigenvalue weighted by Gasteiger charge is -2.22. The van der Waals surface area contributed by atoms with Crippen molar-refractivity contribution in [2.75, 3.05) is 13.2 Å². The second-order valence-corrected chi connectivity index (χ2v) is 3.39. The summed E-state index contributed by atoms with van der Waals surface area (Å²) in [6, 6.07) is 0. The summed E-state index contributed by atoms with van der Waals surface area (Å²) in [5, 5.41) is 59.5. The molecule has 0 aromatic heterocycles. The van der Waals surface area contributed by atoms with E-state index in [4.69, 9.17) is 35.7 Å². The van der Waals surface area contributed by atoms with Gasteiger partial charge in [-0.25, -0.2) is 0 Å². The van der Waals surface area contributed by atoms with Gasteiger partial charge in [-0.2, -0.15) is 0 Å². The molecule has 0 bridgehead atoms. The molecule has 0 amide bonds. The number of carbonyl (C=O) groups is 1. The highest BCUT2D eigenvalue weighted by Gasteiger charge is 2.29. The molecule has 0 saturated carbocycles. The largest absolute Gasteiger partial charge is 0.394 e. The van der Waals surface area contributed by atoms with E-state index >= 15 is 0 Å². The molecule has 5 unspecified atom stereocenters. The summed E-state index contributed by atoms with van der Waals surface area (Å²) < 4.78 is 0. The summed E-state index contributed by atoms with van der Waals surface area (Å²) in [6.07, 6.45) is -7.40. The van der Waals surface area contributed by atoms with Crippen LogP contribution >= 0.6 is 0 Å². The molecular weight excluding hydrogens is 236 g/mol. The molecular formula is C9H20O8. The molecule has 8 nitrogen and oxygen atoms in total. The van der Waals surface area contributed by atoms with Crippen LogP contribution < -0.4 is 0 Å². The molecule has 0 radical (unpaired) electrons. The predicted octanol–water partition coefficient (Wildman–Crippen LogP) is -4.02. The van der Waals surface area contributed by atoms with Gasteiger partial charge in [0.25, 0.3) is 0 Å². The molecule has 0 spiro atoms. The van der Waals surface area contributed by atoms with Crippen molar-refractivity contribution in [3.8, 4) is 0 Å². The lowest BCUT2D eigenvalue weighted by molar-refractivity contribution is -0.136. The van der Waals surface area contributed by atoms with Crippen LogP contribution in [0.15, 0.2) is 0 Å². The van der Waals surface area contributed by atoms with Gasteiger partial charge in [0, 0.05) is 0 Å². The first-order valence-corrected chi connectivity index (χ1v) is 4.89. The number of rotatable bonds is 6. The van der Waals surface area contributed by atoms with Crippen molar-refractivity contribution in [3.05, 3.63) is 0 Å². The van der Waals surface area contributed by atoms with Crippen LogP contribution in [-0.4, -0.2) is 85.8 Å². The van der Waals surface area contributed by atoms with E-state index in [0.29, 0.717) is 0 Å². The molecule has 0 heterocycles. The molecule has 0 aromatic rings. The van der Waals surface area contributed by atoms with Crippen LogP contribution in [0.1, 0.15) is 6.92 Å². The Morgan fingerprint density at radius 1 is 0.941 bits per heavy atom. The molecule has 0 aromatic carbocycles. The zero-order chi connectivity index (χ0) is 14.0. The first kappa shape index (κ1) is 18.7. The van der Waals surface area contributed by atoms with Crippen LogP contribution in [0.3, 0.4) is 0 Å². The van der Waals surface area contributed by atoms with Crippen molar-refractivity contribution in [1.29, 1.82) is 0 Å². The minimum atomic E-state index is -1.79. The van der Waals surface area contributed by atoms with Crippen molar-refractivity contribution in [3.63, 3.8) is 0 Å². The average Bonchev–Trinajstić information content (AvgIpc) is 2.35. The lowest BCUT2D eigenvalue weighted by atomic mass is 10.0. The van der Waals surface area contributed by atoms with E-state index in [1.54, 1.807) is 0 Å². The maximum atomic E-state index is 9.90. The smallest absolute Gasteiger partial charge is 0.151 e. The molecule has 0 rings (SSSR count). The fourth-order valence-electron chi connectivity index (χ4n) is 0.618. The third-order valence-electron chi connectivity index (χ3n) is 1.68. The number of aldehydes is 1. The van der Waals surface area contributed by atoms with Gasteiger partial charge in [0.1, 0.15) is 24.4 Å². The van der Waals surface area contributed by atoms with Crippen LogP contribution in [0.4, 0.5) is 0 Å². The number of aliphatic hydroxyl groups is 7. The first-order valence-electron chi connectivity index (χ1n) is 4.89. The molecule has 0 saturated heterocycles. The average molecular weight is 256 g/mol. The van der Waals surface area contributed by atoms with Gasteiger partial charge in [-0.1, -0.05) is 0 Å². The van der Waals surface area contributed by atoms with Gasteiger partial charge in [0.15, 0.2) is 6.29 Å². The van der Waals surface area contributed by atoms with Crippen LogP contribution in [0.2, 0.25) is 0 Å². The minimum absolute atomic E-state index is 0.0258. The van der Waals surface area contributed by atoms with Crippen LogP contribution in [0.5, 0.6) is 0 Å². The monoisotopic (exact) mass is 256 g/mol. The van der Waals surface area contributed by atoms with Crippen molar-refractivity contribution < 1.29 is 40.5 Å². The SMILES string of the molecule is CC(O)CO.O=CC(O)C(O)C(O)C(O)CO. The van der Waals surface area contributed by atoms with Gasteiger partial charge in [-0.05, 0) is 6.92 Å². The fourth-order valence-corrected chi connectivity index (χ4v) is 0.618. The molecule has 17 heavy (non-hydrogen) atoms. The Bertz CT molecular complexity index is 186. The van der Waals surface area contributed by atoms with Crippen LogP contribution in [-0.2, 0) is 4.79 Å². The fraction of sp³-hybridized carbons (Fsp3) is 0.889. The van der Waals surface area contributed by atoms with E-state index in [1.807, 2.05) is 0 Å². The molecule has 0 aliphatic heterocycles. The summed E-state index contributed by atoms with van der Waals surface area (Å²) >= 11 is 0. The Balaban J connectivity index is 0. The van der Waals surface area contributed by atoms with Crippen molar-refractivity contribution in [2.45, 2.75) is 37.4 Å². The summed E-state index contributed by atoms with van der Waals surface area (Å²) in [5.41, 5.74) is 0. The van der Waals surface area contributed by atoms with E-state index in [9.17, 15) is 4.79 Å². The van der Waals surface area contributed by atoms with Gasteiger partial charge in [0.05, 0.1) is 19.3 Å². The van der Waals surface area contributed by atoms with Gasteiger partial charge < -0.3 is 40.5 Å². The number of carbonyl (C=O) groups excluding carboxylic acids is 1. The second-order valence-electron chi connectivity index (χ2n) is 3.39. The zero-order valence-corrected chi connectivity index (χ0v) is 9.42. The zero-order valence-electron chi connectivity index (χ0n) is 9.42. The highest BCUT2D eigenvalue weighted by molar-refractivity contribution is 5.56. The third kappa shape index (κ3) is 9.12. The third-order valence-corrected chi connectivity index (χ3v) is 1.68. The van der Waals surface area contributed by atoms with Gasteiger partial charge >= 0.3 is 0 Å². The molecule has 104 valence electrons. The van der Waals surface area contributed by atoms with Crippen molar-refractivity contribution >= 4 is 6.29 Å². The molecule has 7 N–H and O–H groups in total. The quantitative estimate of drug-likeness (QED) is 0.237. The molecule has 0 fully saturated rings. The Morgan fingerprint density at radius 3 is 1.59 bits per heavy atom. The highest BCUT2D eigenvalue weighted by Crippen LogP contribution is 2.02. The van der Waals surface area contributed by atoms with Crippen LogP contribution in [0, 0.1) is 0 Å². The van der Waals surface area contributed by atoms with E-state index in [-0.39, 0.29) is 12.9 Å². The lowest BCUT2D eigenvalue weighted by Crippen LogP contribution is -2.46. The van der Waals surface area contributed by atoms with Gasteiger partial charge in [-0.3, -0.25) is 0 Å². The second kappa shape index (κ2) is 10.5. The molecule has 0 aliphatic carbocycles. The van der Waals surface area contributed by atoms with E-state index < -0.39 is 37.1 Å². The maximum Gasteiger partial charge on any atom is 0.151 e. The standard InChI is InChI=1S/C6H12O6.C3H8O2/c7-1-3(9)5(11)6(12)4(10)2-8;1-3(5)2-4/h1,3-6,8-12H,2H2;3-5H,2H2,1H3. The summed E-state index contributed by atoms with van der Waals surface area (Å²) in [5.74, 6) is 0. The van der Waals surface area contributed by atoms with E-state index in [2.05, 4.69) is 0 Å². The van der Waals surface area contributed by atoms with E-state index in [0.717, 1.165) is 0 Å². The van der Waals surface area contributed by atoms with E-state index in [1.165, 1.54) is 6.92 Å². The number of hydrogen-bond donors (Lipinski definition) is 7. The predicted molar refractivity (Wildman–Crippen MR) is 55.9 cm³/mol. The Kier molecular flexibility index (Phi) is 11.6. The summed E-state index contributed by atoms with van der Waals surface area (Å²) in [7, 11) is 0. The molecule has 5 atom stereocenters. The first-order chi connectivity index (χ1) is 7.81. The summed E-state index contributed by atoms with van der Waals surface area (Å²) in [6.45, 7) is 0.629.